The van der Waals surface area contributed by atoms with Crippen molar-refractivity contribution in [1.29, 1.82) is 0 Å². The molecule has 29 heavy (non-hydrogen) atoms. The average molecular weight is 397 g/mol. The zero-order chi connectivity index (χ0) is 21.0. The number of aryl methyl sites for hydroxylation is 1. The van der Waals surface area contributed by atoms with Crippen molar-refractivity contribution >= 4 is 11.6 Å². The predicted molar refractivity (Wildman–Crippen MR) is 106 cm³/mol. The van der Waals surface area contributed by atoms with Crippen LogP contribution in [0.15, 0.2) is 59.4 Å². The van der Waals surface area contributed by atoms with Crippen LogP contribution in [0.3, 0.4) is 0 Å². The minimum atomic E-state index is -0.896. The highest BCUT2D eigenvalue weighted by Crippen LogP contribution is 2.25. The van der Waals surface area contributed by atoms with E-state index in [0.717, 1.165) is 10.2 Å². The molecule has 1 N–H and O–H groups in total. The molecule has 0 radical (unpaired) electrons. The van der Waals surface area contributed by atoms with E-state index in [1.54, 1.807) is 19.1 Å². The fraction of sp³-hybridized carbons (Fsp3) is 0.190. The molecule has 0 spiro atoms. The molecule has 0 saturated carbocycles. The molecule has 0 bridgehead atoms. The lowest BCUT2D eigenvalue weighted by Crippen LogP contribution is -2.31. The fourth-order valence-corrected chi connectivity index (χ4v) is 2.61. The Hall–Kier alpha value is -3.68. The van der Waals surface area contributed by atoms with Gasteiger partial charge in [0.25, 0.3) is 11.5 Å². The average Bonchev–Trinajstić information content (AvgIpc) is 2.70. The molecule has 0 aliphatic carbocycles. The van der Waals surface area contributed by atoms with Gasteiger partial charge >= 0.3 is 0 Å². The van der Waals surface area contributed by atoms with Gasteiger partial charge in [-0.25, -0.2) is 4.39 Å². The number of anilines is 1. The maximum absolute atomic E-state index is 13.1. The van der Waals surface area contributed by atoms with Gasteiger partial charge in [0.1, 0.15) is 11.6 Å². The number of aromatic nitrogens is 2. The second-order valence-corrected chi connectivity index (χ2v) is 6.35. The Morgan fingerprint density at radius 1 is 1.14 bits per heavy atom. The van der Waals surface area contributed by atoms with E-state index in [9.17, 15) is 14.0 Å². The summed E-state index contributed by atoms with van der Waals surface area (Å²) in [5.41, 5.74) is 1.45. The summed E-state index contributed by atoms with van der Waals surface area (Å²) in [6.07, 6.45) is -0.896. The van der Waals surface area contributed by atoms with Crippen LogP contribution in [0.25, 0.3) is 5.69 Å². The van der Waals surface area contributed by atoms with Crippen molar-refractivity contribution in [1.82, 2.24) is 9.78 Å². The van der Waals surface area contributed by atoms with Crippen molar-refractivity contribution in [2.75, 3.05) is 12.4 Å². The number of halogens is 1. The van der Waals surface area contributed by atoms with Gasteiger partial charge in [0, 0.05) is 12.1 Å². The normalized spacial score (nSPS) is 11.6. The van der Waals surface area contributed by atoms with Crippen molar-refractivity contribution in [3.05, 3.63) is 76.3 Å². The summed E-state index contributed by atoms with van der Waals surface area (Å²) in [4.78, 5) is 24.6. The van der Waals surface area contributed by atoms with Crippen molar-refractivity contribution in [3.63, 3.8) is 0 Å². The smallest absolute Gasteiger partial charge is 0.271 e. The molecule has 3 rings (SSSR count). The first-order chi connectivity index (χ1) is 13.9. The number of rotatable bonds is 6. The number of hydrogen-bond donors (Lipinski definition) is 1. The summed E-state index contributed by atoms with van der Waals surface area (Å²) in [5.74, 6) is -0.228. The summed E-state index contributed by atoms with van der Waals surface area (Å²) in [7, 11) is 1.52. The number of nitrogens with one attached hydrogen (secondary N) is 1. The van der Waals surface area contributed by atoms with E-state index in [0.29, 0.717) is 17.1 Å². The quantitative estimate of drug-likeness (QED) is 0.691. The Bertz CT molecular complexity index is 1080. The molecular formula is C21H20FN3O4. The Morgan fingerprint density at radius 2 is 1.86 bits per heavy atom. The number of amides is 1. The number of methoxy groups -OCH3 is 1. The highest BCUT2D eigenvalue weighted by molar-refractivity contribution is 5.95. The van der Waals surface area contributed by atoms with Gasteiger partial charge in [0.2, 0.25) is 5.88 Å². The molecule has 0 fully saturated rings. The minimum Gasteiger partial charge on any atom is -0.495 e. The lowest BCUT2D eigenvalue weighted by molar-refractivity contribution is -0.122. The third kappa shape index (κ3) is 4.78. The summed E-state index contributed by atoms with van der Waals surface area (Å²) in [6, 6.07) is 13.4. The van der Waals surface area contributed by atoms with Crippen LogP contribution in [0.2, 0.25) is 0 Å². The van der Waals surface area contributed by atoms with Crippen LogP contribution in [0.5, 0.6) is 11.6 Å². The molecule has 3 aromatic rings. The highest BCUT2D eigenvalue weighted by atomic mass is 19.1. The van der Waals surface area contributed by atoms with Gasteiger partial charge in [-0.2, -0.15) is 4.68 Å². The maximum atomic E-state index is 13.1. The summed E-state index contributed by atoms with van der Waals surface area (Å²) >= 11 is 0. The van der Waals surface area contributed by atoms with Crippen molar-refractivity contribution < 1.29 is 18.7 Å². The molecule has 1 heterocycles. The van der Waals surface area contributed by atoms with Gasteiger partial charge < -0.3 is 14.8 Å². The Morgan fingerprint density at radius 3 is 2.55 bits per heavy atom. The van der Waals surface area contributed by atoms with Crippen LogP contribution >= 0.6 is 0 Å². The summed E-state index contributed by atoms with van der Waals surface area (Å²) < 4.78 is 25.0. The second-order valence-electron chi connectivity index (χ2n) is 6.35. The SMILES string of the molecule is COc1ccc(C)cc1NC(=O)[C@@H](C)Oc1ccc(=O)n(-c2ccc(F)cc2)n1. The molecule has 8 heteroatoms. The van der Waals surface area contributed by atoms with Gasteiger partial charge in [-0.15, -0.1) is 5.10 Å². The predicted octanol–water partition coefficient (Wildman–Crippen LogP) is 3.09. The lowest BCUT2D eigenvalue weighted by atomic mass is 10.2. The van der Waals surface area contributed by atoms with Crippen molar-refractivity contribution in [3.8, 4) is 17.3 Å². The lowest BCUT2D eigenvalue weighted by Gasteiger charge is -2.16. The van der Waals surface area contributed by atoms with E-state index in [2.05, 4.69) is 10.4 Å². The Balaban J connectivity index is 1.77. The van der Waals surface area contributed by atoms with E-state index in [-0.39, 0.29) is 5.88 Å². The summed E-state index contributed by atoms with van der Waals surface area (Å²) in [6.45, 7) is 3.46. The van der Waals surface area contributed by atoms with Gasteiger partial charge in [-0.1, -0.05) is 6.07 Å². The van der Waals surface area contributed by atoms with Gasteiger partial charge in [0.15, 0.2) is 6.10 Å². The fourth-order valence-electron chi connectivity index (χ4n) is 2.61. The van der Waals surface area contributed by atoms with Gasteiger partial charge in [0.05, 0.1) is 18.5 Å². The van der Waals surface area contributed by atoms with Crippen LogP contribution in [0, 0.1) is 12.7 Å². The van der Waals surface area contributed by atoms with E-state index in [1.165, 1.54) is 43.5 Å². The van der Waals surface area contributed by atoms with Crippen LogP contribution in [-0.4, -0.2) is 28.9 Å². The molecule has 0 unspecified atom stereocenters. The zero-order valence-corrected chi connectivity index (χ0v) is 16.2. The maximum Gasteiger partial charge on any atom is 0.271 e. The third-order valence-electron chi connectivity index (χ3n) is 4.13. The molecule has 150 valence electrons. The molecule has 1 atom stereocenters. The Kier molecular flexibility index (Phi) is 5.92. The second kappa shape index (κ2) is 8.55. The van der Waals surface area contributed by atoms with E-state index < -0.39 is 23.4 Å². The summed E-state index contributed by atoms with van der Waals surface area (Å²) in [5, 5.41) is 6.86. The molecular weight excluding hydrogens is 377 g/mol. The number of ether oxygens (including phenoxy) is 2. The molecule has 2 aromatic carbocycles. The van der Waals surface area contributed by atoms with E-state index >= 15 is 0 Å². The first-order valence-electron chi connectivity index (χ1n) is 8.86. The number of carbonyl (C=O) groups is 1. The zero-order valence-electron chi connectivity index (χ0n) is 16.2. The minimum absolute atomic E-state index is 0.0767. The van der Waals surface area contributed by atoms with Gasteiger partial charge in [-0.3, -0.25) is 9.59 Å². The van der Waals surface area contributed by atoms with E-state index in [4.69, 9.17) is 9.47 Å². The highest BCUT2D eigenvalue weighted by Gasteiger charge is 2.18. The monoisotopic (exact) mass is 397 g/mol. The number of hydrogen-bond acceptors (Lipinski definition) is 5. The van der Waals surface area contributed by atoms with E-state index in [1.807, 2.05) is 13.0 Å². The van der Waals surface area contributed by atoms with Crippen LogP contribution in [0.1, 0.15) is 12.5 Å². The molecule has 1 amide bonds. The molecule has 0 aliphatic rings. The number of carbonyl (C=O) groups excluding carboxylic acids is 1. The van der Waals surface area contributed by atoms with Gasteiger partial charge in [-0.05, 0) is 55.8 Å². The van der Waals surface area contributed by atoms with Crippen LogP contribution in [-0.2, 0) is 4.79 Å². The molecule has 0 aliphatic heterocycles. The largest absolute Gasteiger partial charge is 0.495 e. The number of nitrogens with zero attached hydrogens (tertiary/aromatic N) is 2. The first-order valence-corrected chi connectivity index (χ1v) is 8.86. The molecule has 0 saturated heterocycles. The van der Waals surface area contributed by atoms with Crippen molar-refractivity contribution in [2.24, 2.45) is 0 Å². The number of benzene rings is 2. The third-order valence-corrected chi connectivity index (χ3v) is 4.13. The van der Waals surface area contributed by atoms with Crippen LogP contribution < -0.4 is 20.3 Å². The first kappa shape index (κ1) is 20.1. The standard InChI is InChI=1S/C21H20FN3O4/c1-13-4-9-18(28-3)17(12-13)23-21(27)14(2)29-19-10-11-20(26)25(24-19)16-7-5-15(22)6-8-16/h4-12,14H,1-3H3,(H,23,27)/t14-/m1/s1. The molecule has 1 aromatic heterocycles. The van der Waals surface area contributed by atoms with Crippen LogP contribution in [0.4, 0.5) is 10.1 Å². The topological polar surface area (TPSA) is 82.5 Å². The Labute approximate surface area is 166 Å². The van der Waals surface area contributed by atoms with Crippen molar-refractivity contribution in [2.45, 2.75) is 20.0 Å². The molecule has 7 nitrogen and oxygen atoms in total.